The smallest absolute Gasteiger partial charge is 0.128 e. The van der Waals surface area contributed by atoms with Gasteiger partial charge in [-0.05, 0) is 24.6 Å². The number of hydrogen-bond acceptors (Lipinski definition) is 4. The summed E-state index contributed by atoms with van der Waals surface area (Å²) in [6, 6.07) is 1.90. The van der Waals surface area contributed by atoms with Crippen LogP contribution in [0.4, 0.5) is 10.1 Å². The predicted molar refractivity (Wildman–Crippen MR) is 83.7 cm³/mol. The first-order valence-corrected chi connectivity index (χ1v) is 6.22. The van der Waals surface area contributed by atoms with Gasteiger partial charge in [0.05, 0.1) is 18.5 Å². The highest BCUT2D eigenvalue weighted by Gasteiger charge is 1.94. The van der Waals surface area contributed by atoms with Crippen molar-refractivity contribution in [2.45, 2.75) is 20.8 Å². The zero-order valence-electron chi connectivity index (χ0n) is 12.4. The normalized spacial score (nSPS) is 9.90. The fourth-order valence-electron chi connectivity index (χ4n) is 0.984. The lowest BCUT2D eigenvalue weighted by Gasteiger charge is -2.00. The van der Waals surface area contributed by atoms with Crippen LogP contribution in [0.1, 0.15) is 19.4 Å². The van der Waals surface area contributed by atoms with Crippen LogP contribution in [0.15, 0.2) is 55.2 Å². The van der Waals surface area contributed by atoms with Crippen molar-refractivity contribution in [3.8, 4) is 0 Å². The number of nitrogens with one attached hydrogen (secondary N) is 1. The van der Waals surface area contributed by atoms with Gasteiger partial charge in [0.2, 0.25) is 0 Å². The molecule has 20 heavy (non-hydrogen) atoms. The Labute approximate surface area is 120 Å². The maximum absolute atomic E-state index is 12.3. The van der Waals surface area contributed by atoms with E-state index in [0.717, 1.165) is 17.3 Å². The van der Waals surface area contributed by atoms with Gasteiger partial charge in [0.1, 0.15) is 5.83 Å². The van der Waals surface area contributed by atoms with E-state index in [2.05, 4.69) is 23.6 Å². The number of nitrogens with two attached hydrogens (primary N) is 1. The second-order valence-electron chi connectivity index (χ2n) is 3.27. The summed E-state index contributed by atoms with van der Waals surface area (Å²) in [4.78, 5) is 3.87. The SMILES string of the molecule is C=C/C(F)=C(\C=C)CO.CC.Cc1ccncc1NN. The van der Waals surface area contributed by atoms with Gasteiger partial charge in [-0.2, -0.15) is 0 Å². The molecule has 4 nitrogen and oxygen atoms in total. The predicted octanol–water partition coefficient (Wildman–Crippen LogP) is 3.28. The average Bonchev–Trinajstić information content (AvgIpc) is 2.51. The molecule has 0 aromatic carbocycles. The summed E-state index contributed by atoms with van der Waals surface area (Å²) in [7, 11) is 0. The molecule has 0 saturated carbocycles. The first-order valence-electron chi connectivity index (χ1n) is 6.22. The van der Waals surface area contributed by atoms with Crippen LogP contribution in [0.2, 0.25) is 0 Å². The maximum atomic E-state index is 12.3. The summed E-state index contributed by atoms with van der Waals surface area (Å²) in [6.07, 6.45) is 5.72. The van der Waals surface area contributed by atoms with E-state index in [4.69, 9.17) is 10.9 Å². The van der Waals surface area contributed by atoms with Gasteiger partial charge in [-0.1, -0.05) is 33.1 Å². The molecule has 0 radical (unpaired) electrons. The molecule has 1 heterocycles. The molecule has 1 rings (SSSR count). The minimum absolute atomic E-state index is 0.171. The summed E-state index contributed by atoms with van der Waals surface area (Å²) >= 11 is 0. The molecule has 1 aromatic rings. The number of rotatable bonds is 4. The zero-order valence-corrected chi connectivity index (χ0v) is 12.4. The number of nitrogen functional groups attached to an aromatic ring is 1. The van der Waals surface area contributed by atoms with Crippen molar-refractivity contribution >= 4 is 5.69 Å². The highest BCUT2D eigenvalue weighted by Crippen LogP contribution is 2.08. The van der Waals surface area contributed by atoms with Crippen LogP contribution in [-0.4, -0.2) is 16.7 Å². The van der Waals surface area contributed by atoms with Crippen LogP contribution in [0, 0.1) is 6.92 Å². The number of aliphatic hydroxyl groups excluding tert-OH is 1. The molecular weight excluding hydrogens is 257 g/mol. The Hall–Kier alpha value is -1.98. The topological polar surface area (TPSA) is 71.2 Å². The Bertz CT molecular complexity index is 431. The molecule has 0 aliphatic rings. The fourth-order valence-corrected chi connectivity index (χ4v) is 0.984. The zero-order chi connectivity index (χ0) is 16.0. The summed E-state index contributed by atoms with van der Waals surface area (Å²) in [6.45, 7) is 12.1. The maximum Gasteiger partial charge on any atom is 0.128 e. The molecule has 0 amide bonds. The Kier molecular flexibility index (Phi) is 13.7. The molecule has 4 N–H and O–H groups in total. The lowest BCUT2D eigenvalue weighted by Crippen LogP contribution is -2.07. The summed E-state index contributed by atoms with van der Waals surface area (Å²) < 4.78 is 12.3. The van der Waals surface area contributed by atoms with E-state index in [9.17, 15) is 4.39 Å². The highest BCUT2D eigenvalue weighted by atomic mass is 19.1. The third-order valence-electron chi connectivity index (χ3n) is 2.10. The first-order chi connectivity index (χ1) is 9.60. The van der Waals surface area contributed by atoms with Gasteiger partial charge in [-0.3, -0.25) is 10.8 Å². The lowest BCUT2D eigenvalue weighted by atomic mass is 10.2. The number of nitrogens with zero attached hydrogens (tertiary/aromatic N) is 1. The molecule has 0 fully saturated rings. The van der Waals surface area contributed by atoms with Crippen LogP contribution < -0.4 is 11.3 Å². The molecule has 0 saturated heterocycles. The Morgan fingerprint density at radius 2 is 2.05 bits per heavy atom. The number of hydrogen-bond donors (Lipinski definition) is 3. The largest absolute Gasteiger partial charge is 0.392 e. The van der Waals surface area contributed by atoms with Gasteiger partial charge in [0.25, 0.3) is 0 Å². The van der Waals surface area contributed by atoms with Crippen LogP contribution in [0.25, 0.3) is 0 Å². The number of aliphatic hydroxyl groups is 1. The van der Waals surface area contributed by atoms with Crippen molar-refractivity contribution in [3.63, 3.8) is 0 Å². The van der Waals surface area contributed by atoms with Crippen molar-refractivity contribution in [2.75, 3.05) is 12.0 Å². The van der Waals surface area contributed by atoms with Gasteiger partial charge in [0.15, 0.2) is 0 Å². The number of allylic oxidation sites excluding steroid dienone is 2. The number of hydrazine groups is 1. The monoisotopic (exact) mass is 281 g/mol. The molecule has 0 atom stereocenters. The molecule has 0 aliphatic carbocycles. The molecule has 0 aliphatic heterocycles. The third-order valence-corrected chi connectivity index (χ3v) is 2.10. The quantitative estimate of drug-likeness (QED) is 0.450. The lowest BCUT2D eigenvalue weighted by molar-refractivity contribution is 0.331. The molecule has 1 aromatic heterocycles. The van der Waals surface area contributed by atoms with E-state index in [0.29, 0.717) is 0 Å². The van der Waals surface area contributed by atoms with Crippen molar-refractivity contribution < 1.29 is 9.50 Å². The van der Waals surface area contributed by atoms with Gasteiger partial charge >= 0.3 is 0 Å². The number of aryl methyl sites for hydroxylation is 1. The minimum Gasteiger partial charge on any atom is -0.392 e. The Morgan fingerprint density at radius 1 is 1.45 bits per heavy atom. The second-order valence-corrected chi connectivity index (χ2v) is 3.27. The molecule has 0 bridgehead atoms. The first kappa shape index (κ1) is 20.3. The van der Waals surface area contributed by atoms with Crippen molar-refractivity contribution in [3.05, 3.63) is 60.7 Å². The van der Waals surface area contributed by atoms with Gasteiger partial charge < -0.3 is 10.5 Å². The van der Waals surface area contributed by atoms with E-state index in [1.165, 1.54) is 6.08 Å². The Morgan fingerprint density at radius 3 is 2.30 bits per heavy atom. The molecular formula is C15H24FN3O. The van der Waals surface area contributed by atoms with Gasteiger partial charge in [-0.25, -0.2) is 4.39 Å². The third kappa shape index (κ3) is 8.18. The van der Waals surface area contributed by atoms with E-state index in [1.807, 2.05) is 26.8 Å². The average molecular weight is 281 g/mol. The van der Waals surface area contributed by atoms with Crippen LogP contribution in [-0.2, 0) is 0 Å². The highest BCUT2D eigenvalue weighted by molar-refractivity contribution is 5.46. The fraction of sp³-hybridized carbons (Fsp3) is 0.267. The van der Waals surface area contributed by atoms with Gasteiger partial charge in [-0.15, -0.1) is 0 Å². The number of aromatic nitrogens is 1. The Balaban J connectivity index is 0. The van der Waals surface area contributed by atoms with Crippen molar-refractivity contribution in [2.24, 2.45) is 5.84 Å². The summed E-state index contributed by atoms with van der Waals surface area (Å²) in [5.41, 5.74) is 4.68. The van der Waals surface area contributed by atoms with Crippen LogP contribution in [0.5, 0.6) is 0 Å². The number of halogens is 1. The molecule has 0 spiro atoms. The number of anilines is 1. The van der Waals surface area contributed by atoms with E-state index < -0.39 is 5.83 Å². The van der Waals surface area contributed by atoms with E-state index in [-0.39, 0.29) is 12.2 Å². The van der Waals surface area contributed by atoms with Crippen molar-refractivity contribution in [1.29, 1.82) is 0 Å². The van der Waals surface area contributed by atoms with E-state index >= 15 is 0 Å². The van der Waals surface area contributed by atoms with Crippen LogP contribution in [0.3, 0.4) is 0 Å². The van der Waals surface area contributed by atoms with E-state index in [1.54, 1.807) is 12.4 Å². The minimum atomic E-state index is -0.521. The van der Waals surface area contributed by atoms with Crippen molar-refractivity contribution in [1.82, 2.24) is 4.98 Å². The molecule has 112 valence electrons. The van der Waals surface area contributed by atoms with Crippen LogP contribution >= 0.6 is 0 Å². The van der Waals surface area contributed by atoms with Gasteiger partial charge in [0, 0.05) is 11.8 Å². The molecule has 5 heteroatoms. The summed E-state index contributed by atoms with van der Waals surface area (Å²) in [5.74, 6) is 4.64. The molecule has 0 unspecified atom stereocenters. The second kappa shape index (κ2) is 13.5. The number of pyridine rings is 1. The standard InChI is InChI=1S/C7H9FO.C6H9N3.C2H6/c1-3-6(5-9)7(8)4-2;1-5-2-3-8-4-6(5)9-7;1-2/h3-4,9H,1-2,5H2;2-4,9H,7H2,1H3;1-2H3/b7-6-;;. The summed E-state index contributed by atoms with van der Waals surface area (Å²) in [5, 5.41) is 8.41.